The van der Waals surface area contributed by atoms with Gasteiger partial charge in [0.2, 0.25) is 5.91 Å². The van der Waals surface area contributed by atoms with Crippen molar-refractivity contribution in [1.82, 2.24) is 4.98 Å². The third-order valence-corrected chi connectivity index (χ3v) is 0.946. The zero-order valence-corrected chi connectivity index (χ0v) is 7.83. The Labute approximate surface area is 79.5 Å². The van der Waals surface area contributed by atoms with Crippen LogP contribution in [0, 0.1) is 0 Å². The van der Waals surface area contributed by atoms with Crippen LogP contribution in [0.5, 0.6) is 0 Å². The second-order valence-electron chi connectivity index (χ2n) is 2.12. The summed E-state index contributed by atoms with van der Waals surface area (Å²) in [5.41, 5.74) is 5.38. The Hall–Kier alpha value is -1.27. The minimum atomic E-state index is -4.64. The van der Waals surface area contributed by atoms with Crippen LogP contribution in [-0.2, 0) is 4.57 Å². The average molecular weight is 220 g/mol. The van der Waals surface area contributed by atoms with Gasteiger partial charge in [-0.1, -0.05) is 0 Å². The van der Waals surface area contributed by atoms with Gasteiger partial charge in [0.1, 0.15) is 0 Å². The predicted molar refractivity (Wildman–Crippen MR) is 47.0 cm³/mol. The number of aromatic nitrogens is 1. The molecular weight excluding hydrogens is 211 g/mol. The molecule has 0 saturated heterocycles. The quantitative estimate of drug-likeness (QED) is 0.460. The molecule has 8 heteroatoms. The maximum atomic E-state index is 10.4. The Morgan fingerprint density at radius 3 is 2.14 bits per heavy atom. The fourth-order valence-corrected chi connectivity index (χ4v) is 0.509. The molecule has 0 radical (unpaired) electrons. The van der Waals surface area contributed by atoms with E-state index in [1.165, 1.54) is 6.20 Å². The Morgan fingerprint density at radius 2 is 1.93 bits per heavy atom. The standard InChI is InChI=1S/C6H6N2O.H3O4P/c7-6(9)5-2-1-3-8-4-5;1-5(2,3)4/h1-4H,(H2,7,9);(H3,1,2,3,4). The second kappa shape index (κ2) is 5.46. The van der Waals surface area contributed by atoms with E-state index in [0.29, 0.717) is 5.56 Å². The van der Waals surface area contributed by atoms with E-state index in [9.17, 15) is 4.79 Å². The van der Waals surface area contributed by atoms with Crippen molar-refractivity contribution < 1.29 is 24.0 Å². The van der Waals surface area contributed by atoms with Gasteiger partial charge in [-0.25, -0.2) is 4.57 Å². The first-order chi connectivity index (χ1) is 6.30. The van der Waals surface area contributed by atoms with Crippen LogP contribution >= 0.6 is 7.82 Å². The molecular formula is C6H9N2O5P. The molecule has 1 heterocycles. The zero-order valence-electron chi connectivity index (χ0n) is 6.94. The number of amides is 1. The van der Waals surface area contributed by atoms with Crippen LogP contribution in [0.25, 0.3) is 0 Å². The maximum Gasteiger partial charge on any atom is 0.466 e. The summed E-state index contributed by atoms with van der Waals surface area (Å²) in [5, 5.41) is 0. The number of hydrogen-bond donors (Lipinski definition) is 4. The number of carbonyl (C=O) groups is 1. The molecule has 0 aliphatic rings. The van der Waals surface area contributed by atoms with E-state index in [-0.39, 0.29) is 0 Å². The summed E-state index contributed by atoms with van der Waals surface area (Å²) in [6.45, 7) is 0. The summed E-state index contributed by atoms with van der Waals surface area (Å²) in [6, 6.07) is 3.29. The number of nitrogens with zero attached hydrogens (tertiary/aromatic N) is 1. The smallest absolute Gasteiger partial charge is 0.366 e. The van der Waals surface area contributed by atoms with Gasteiger partial charge in [-0.05, 0) is 12.1 Å². The highest BCUT2D eigenvalue weighted by molar-refractivity contribution is 7.45. The van der Waals surface area contributed by atoms with Gasteiger partial charge >= 0.3 is 7.82 Å². The molecule has 0 bridgehead atoms. The molecule has 0 aromatic carbocycles. The largest absolute Gasteiger partial charge is 0.466 e. The molecule has 5 N–H and O–H groups in total. The van der Waals surface area contributed by atoms with Gasteiger partial charge in [0.05, 0.1) is 5.56 Å². The van der Waals surface area contributed by atoms with Gasteiger partial charge in [-0.2, -0.15) is 0 Å². The van der Waals surface area contributed by atoms with Crippen LogP contribution in [0.15, 0.2) is 24.5 Å². The summed E-state index contributed by atoms with van der Waals surface area (Å²) in [4.78, 5) is 35.7. The number of phosphoric acid groups is 1. The zero-order chi connectivity index (χ0) is 11.2. The molecule has 0 aliphatic carbocycles. The summed E-state index contributed by atoms with van der Waals surface area (Å²) in [6.07, 6.45) is 3.02. The highest BCUT2D eigenvalue weighted by Crippen LogP contribution is 2.25. The van der Waals surface area contributed by atoms with Crippen LogP contribution < -0.4 is 5.73 Å². The van der Waals surface area contributed by atoms with Crippen LogP contribution in [0.1, 0.15) is 10.4 Å². The van der Waals surface area contributed by atoms with Crippen molar-refractivity contribution >= 4 is 13.7 Å². The van der Waals surface area contributed by atoms with Crippen LogP contribution in [-0.4, -0.2) is 25.6 Å². The molecule has 0 atom stereocenters. The van der Waals surface area contributed by atoms with Crippen LogP contribution in [0.2, 0.25) is 0 Å². The highest BCUT2D eigenvalue weighted by atomic mass is 31.2. The lowest BCUT2D eigenvalue weighted by Crippen LogP contribution is -2.10. The highest BCUT2D eigenvalue weighted by Gasteiger charge is 2.00. The molecule has 0 saturated carbocycles. The van der Waals surface area contributed by atoms with E-state index < -0.39 is 13.7 Å². The van der Waals surface area contributed by atoms with Crippen LogP contribution in [0.3, 0.4) is 0 Å². The lowest BCUT2D eigenvalue weighted by atomic mass is 10.3. The summed E-state index contributed by atoms with van der Waals surface area (Å²) in [7, 11) is -4.64. The Kier molecular flexibility index (Phi) is 4.96. The van der Waals surface area contributed by atoms with Gasteiger partial charge in [-0.15, -0.1) is 0 Å². The molecule has 0 aliphatic heterocycles. The number of rotatable bonds is 1. The molecule has 1 aromatic heterocycles. The Morgan fingerprint density at radius 1 is 1.43 bits per heavy atom. The monoisotopic (exact) mass is 220 g/mol. The minimum Gasteiger partial charge on any atom is -0.366 e. The third-order valence-electron chi connectivity index (χ3n) is 0.946. The lowest BCUT2D eigenvalue weighted by molar-refractivity contribution is 0.1000. The molecule has 14 heavy (non-hydrogen) atoms. The molecule has 0 spiro atoms. The topological polar surface area (TPSA) is 134 Å². The van der Waals surface area contributed by atoms with Gasteiger partial charge < -0.3 is 20.4 Å². The van der Waals surface area contributed by atoms with Gasteiger partial charge in [0, 0.05) is 12.4 Å². The molecule has 0 unspecified atom stereocenters. The van der Waals surface area contributed by atoms with Crippen molar-refractivity contribution in [3.8, 4) is 0 Å². The van der Waals surface area contributed by atoms with Gasteiger partial charge in [0.15, 0.2) is 0 Å². The number of pyridine rings is 1. The number of hydrogen-bond acceptors (Lipinski definition) is 3. The number of nitrogens with two attached hydrogens (primary N) is 1. The molecule has 1 rings (SSSR count). The average Bonchev–Trinajstić information content (AvgIpc) is 2.03. The second-order valence-corrected chi connectivity index (χ2v) is 3.15. The van der Waals surface area contributed by atoms with Crippen molar-refractivity contribution in [2.75, 3.05) is 0 Å². The number of carbonyl (C=O) groups excluding carboxylic acids is 1. The van der Waals surface area contributed by atoms with Crippen molar-refractivity contribution in [2.24, 2.45) is 5.73 Å². The molecule has 1 aromatic rings. The fourth-order valence-electron chi connectivity index (χ4n) is 0.509. The lowest BCUT2D eigenvalue weighted by Gasteiger charge is -1.88. The summed E-state index contributed by atoms with van der Waals surface area (Å²) < 4.78 is 8.88. The summed E-state index contributed by atoms with van der Waals surface area (Å²) in [5.74, 6) is -0.442. The molecule has 1 amide bonds. The third kappa shape index (κ3) is 8.82. The summed E-state index contributed by atoms with van der Waals surface area (Å²) >= 11 is 0. The van der Waals surface area contributed by atoms with Crippen LogP contribution in [0.4, 0.5) is 0 Å². The van der Waals surface area contributed by atoms with Crippen molar-refractivity contribution in [3.05, 3.63) is 30.1 Å². The van der Waals surface area contributed by atoms with Crippen molar-refractivity contribution in [3.63, 3.8) is 0 Å². The minimum absolute atomic E-state index is 0.442. The Balaban J connectivity index is 0.000000292. The van der Waals surface area contributed by atoms with E-state index in [0.717, 1.165) is 0 Å². The first-order valence-corrected chi connectivity index (χ1v) is 4.85. The Bertz CT molecular complexity index is 327. The fraction of sp³-hybridized carbons (Fsp3) is 0. The normalized spacial score (nSPS) is 9.93. The van der Waals surface area contributed by atoms with E-state index in [2.05, 4.69) is 4.98 Å². The van der Waals surface area contributed by atoms with E-state index in [4.69, 9.17) is 25.0 Å². The molecule has 78 valence electrons. The predicted octanol–water partition coefficient (Wildman–Crippen LogP) is -0.748. The van der Waals surface area contributed by atoms with E-state index in [1.54, 1.807) is 18.3 Å². The first kappa shape index (κ1) is 12.7. The maximum absolute atomic E-state index is 10.4. The first-order valence-electron chi connectivity index (χ1n) is 3.29. The number of primary amides is 1. The van der Waals surface area contributed by atoms with Gasteiger partial charge in [-0.3, -0.25) is 9.78 Å². The molecule has 0 fully saturated rings. The van der Waals surface area contributed by atoms with E-state index >= 15 is 0 Å². The molecule has 7 nitrogen and oxygen atoms in total. The van der Waals surface area contributed by atoms with E-state index in [1.807, 2.05) is 0 Å². The SMILES string of the molecule is NC(=O)c1cccnc1.O=P(O)(O)O. The van der Waals surface area contributed by atoms with Crippen molar-refractivity contribution in [1.29, 1.82) is 0 Å². The van der Waals surface area contributed by atoms with Gasteiger partial charge in [0.25, 0.3) is 0 Å². The van der Waals surface area contributed by atoms with Crippen molar-refractivity contribution in [2.45, 2.75) is 0 Å².